The lowest BCUT2D eigenvalue weighted by Crippen LogP contribution is -2.39. The molecule has 7 nitrogen and oxygen atoms in total. The van der Waals surface area contributed by atoms with E-state index in [-0.39, 0.29) is 0 Å². The van der Waals surface area contributed by atoms with Gasteiger partial charge < -0.3 is 19.7 Å². The van der Waals surface area contributed by atoms with E-state index in [4.69, 9.17) is 9.47 Å². The van der Waals surface area contributed by atoms with E-state index in [0.717, 1.165) is 41.7 Å². The van der Waals surface area contributed by atoms with Crippen molar-refractivity contribution in [2.75, 3.05) is 34.9 Å². The van der Waals surface area contributed by atoms with E-state index in [1.165, 1.54) is 0 Å². The Morgan fingerprint density at radius 1 is 1.32 bits per heavy atom. The first-order valence-corrected chi connectivity index (χ1v) is 8.19. The summed E-state index contributed by atoms with van der Waals surface area (Å²) < 4.78 is 12.6. The van der Waals surface area contributed by atoms with Crippen LogP contribution in [0.3, 0.4) is 0 Å². The second kappa shape index (κ2) is 8.96. The van der Waals surface area contributed by atoms with Gasteiger partial charge in [0.25, 0.3) is 0 Å². The minimum absolute atomic E-state index is 0.674. The Hall–Kier alpha value is -2.70. The maximum Gasteiger partial charge on any atom is 0.193 e. The summed E-state index contributed by atoms with van der Waals surface area (Å²) in [5.74, 6) is 2.40. The van der Waals surface area contributed by atoms with Gasteiger partial charge in [-0.1, -0.05) is 0 Å². The van der Waals surface area contributed by atoms with Gasteiger partial charge in [-0.2, -0.15) is 5.10 Å². The smallest absolute Gasteiger partial charge is 0.193 e. The molecule has 0 unspecified atom stereocenters. The quantitative estimate of drug-likeness (QED) is 0.613. The van der Waals surface area contributed by atoms with Crippen LogP contribution < -0.4 is 14.8 Å². The first-order chi connectivity index (χ1) is 12.1. The predicted octanol–water partition coefficient (Wildman–Crippen LogP) is 1.92. The molecule has 0 amide bonds. The summed E-state index contributed by atoms with van der Waals surface area (Å²) in [7, 11) is 7.09. The average Bonchev–Trinajstić information content (AvgIpc) is 3.04. The van der Waals surface area contributed by atoms with Crippen LogP contribution in [0.25, 0.3) is 0 Å². The zero-order valence-electron chi connectivity index (χ0n) is 15.6. The Bertz CT molecular complexity index is 711. The maximum absolute atomic E-state index is 5.46. The van der Waals surface area contributed by atoms with Gasteiger partial charge in [-0.25, -0.2) is 0 Å². The first-order valence-electron chi connectivity index (χ1n) is 8.19. The second-order valence-corrected chi connectivity index (χ2v) is 5.79. The fourth-order valence-electron chi connectivity index (χ4n) is 2.57. The molecule has 0 fully saturated rings. The Balaban J connectivity index is 1.94. The van der Waals surface area contributed by atoms with Crippen molar-refractivity contribution in [2.45, 2.75) is 20.0 Å². The first kappa shape index (κ1) is 18.6. The highest BCUT2D eigenvalue weighted by atomic mass is 16.5. The van der Waals surface area contributed by atoms with Crippen LogP contribution in [0.15, 0.2) is 35.6 Å². The number of nitrogens with one attached hydrogen (secondary N) is 1. The van der Waals surface area contributed by atoms with Gasteiger partial charge in [0.15, 0.2) is 5.96 Å². The molecule has 0 aliphatic heterocycles. The SMILES string of the molecule is CN=C(NCCn1cc(C)cn1)N(C)Cc1ccc(OC)cc1OC. The Morgan fingerprint density at radius 3 is 2.72 bits per heavy atom. The molecule has 0 radical (unpaired) electrons. The highest BCUT2D eigenvalue weighted by Gasteiger charge is 2.11. The van der Waals surface area contributed by atoms with E-state index in [1.807, 2.05) is 49.2 Å². The van der Waals surface area contributed by atoms with Crippen LogP contribution in [0.2, 0.25) is 0 Å². The number of methoxy groups -OCH3 is 2. The highest BCUT2D eigenvalue weighted by Crippen LogP contribution is 2.25. The lowest BCUT2D eigenvalue weighted by Gasteiger charge is -2.23. The number of aryl methyl sites for hydroxylation is 1. The number of nitrogens with zero attached hydrogens (tertiary/aromatic N) is 4. The molecule has 2 rings (SSSR count). The standard InChI is InChI=1S/C18H27N5O2/c1-14-11-21-23(12-14)9-8-20-18(19-2)22(3)13-15-6-7-16(24-4)10-17(15)25-5/h6-7,10-12H,8-9,13H2,1-5H3,(H,19,20). The fraction of sp³-hybridized carbons (Fsp3) is 0.444. The third kappa shape index (κ3) is 5.14. The number of aromatic nitrogens is 2. The summed E-state index contributed by atoms with van der Waals surface area (Å²) in [6, 6.07) is 5.83. The van der Waals surface area contributed by atoms with E-state index in [9.17, 15) is 0 Å². The zero-order valence-corrected chi connectivity index (χ0v) is 15.6. The minimum atomic E-state index is 0.674. The number of ether oxygens (including phenoxy) is 2. The lowest BCUT2D eigenvalue weighted by atomic mass is 10.2. The average molecular weight is 345 g/mol. The summed E-state index contributed by atoms with van der Waals surface area (Å²) in [6.45, 7) is 4.24. The fourth-order valence-corrected chi connectivity index (χ4v) is 2.57. The van der Waals surface area contributed by atoms with Crippen LogP contribution in [0.4, 0.5) is 0 Å². The predicted molar refractivity (Wildman–Crippen MR) is 99.3 cm³/mol. The normalized spacial score (nSPS) is 11.3. The summed E-state index contributed by atoms with van der Waals surface area (Å²) in [6.07, 6.45) is 3.88. The summed E-state index contributed by atoms with van der Waals surface area (Å²) in [5.41, 5.74) is 2.23. The van der Waals surface area contributed by atoms with Crippen molar-refractivity contribution in [3.63, 3.8) is 0 Å². The molecule has 136 valence electrons. The summed E-state index contributed by atoms with van der Waals surface area (Å²) >= 11 is 0. The monoisotopic (exact) mass is 345 g/mol. The van der Waals surface area contributed by atoms with Crippen LogP contribution in [0.1, 0.15) is 11.1 Å². The molecule has 0 saturated heterocycles. The number of rotatable bonds is 7. The van der Waals surface area contributed by atoms with Crippen molar-refractivity contribution < 1.29 is 9.47 Å². The molecule has 1 aromatic heterocycles. The van der Waals surface area contributed by atoms with Gasteiger partial charge in [0.1, 0.15) is 11.5 Å². The largest absolute Gasteiger partial charge is 0.497 e. The van der Waals surface area contributed by atoms with Crippen molar-refractivity contribution >= 4 is 5.96 Å². The number of hydrogen-bond acceptors (Lipinski definition) is 4. The lowest BCUT2D eigenvalue weighted by molar-refractivity contribution is 0.382. The van der Waals surface area contributed by atoms with Gasteiger partial charge in [-0.05, 0) is 24.6 Å². The van der Waals surface area contributed by atoms with E-state index in [2.05, 4.69) is 20.3 Å². The molecule has 7 heteroatoms. The highest BCUT2D eigenvalue weighted by molar-refractivity contribution is 5.79. The minimum Gasteiger partial charge on any atom is -0.497 e. The van der Waals surface area contributed by atoms with E-state index >= 15 is 0 Å². The van der Waals surface area contributed by atoms with E-state index < -0.39 is 0 Å². The molecule has 0 aliphatic rings. The van der Waals surface area contributed by atoms with Crippen molar-refractivity contribution in [1.29, 1.82) is 0 Å². The van der Waals surface area contributed by atoms with Crippen LogP contribution in [-0.4, -0.2) is 55.5 Å². The molecular formula is C18H27N5O2. The number of guanidine groups is 1. The summed E-state index contributed by atoms with van der Waals surface area (Å²) in [4.78, 5) is 6.40. The molecule has 0 aliphatic carbocycles. The van der Waals surface area contributed by atoms with Crippen molar-refractivity contribution in [2.24, 2.45) is 4.99 Å². The molecule has 0 spiro atoms. The number of benzene rings is 1. The molecule has 25 heavy (non-hydrogen) atoms. The topological polar surface area (TPSA) is 63.9 Å². The Morgan fingerprint density at radius 2 is 2.12 bits per heavy atom. The third-order valence-corrected chi connectivity index (χ3v) is 3.86. The van der Waals surface area contributed by atoms with Crippen LogP contribution in [-0.2, 0) is 13.1 Å². The molecule has 1 aromatic carbocycles. The van der Waals surface area contributed by atoms with Gasteiger partial charge in [0, 0.05) is 45.0 Å². The number of aliphatic imine (C=N–C) groups is 1. The van der Waals surface area contributed by atoms with Gasteiger partial charge >= 0.3 is 0 Å². The maximum atomic E-state index is 5.46. The van der Waals surface area contributed by atoms with Crippen molar-refractivity contribution in [3.8, 4) is 11.5 Å². The Kier molecular flexibility index (Phi) is 6.68. The van der Waals surface area contributed by atoms with Crippen LogP contribution in [0.5, 0.6) is 11.5 Å². The molecule has 1 N–H and O–H groups in total. The van der Waals surface area contributed by atoms with Gasteiger partial charge in [-0.3, -0.25) is 9.67 Å². The van der Waals surface area contributed by atoms with Gasteiger partial charge in [-0.15, -0.1) is 0 Å². The van der Waals surface area contributed by atoms with E-state index in [0.29, 0.717) is 6.54 Å². The van der Waals surface area contributed by atoms with Crippen molar-refractivity contribution in [3.05, 3.63) is 41.7 Å². The number of hydrogen-bond donors (Lipinski definition) is 1. The van der Waals surface area contributed by atoms with Crippen LogP contribution in [0, 0.1) is 6.92 Å². The van der Waals surface area contributed by atoms with Gasteiger partial charge in [0.2, 0.25) is 0 Å². The van der Waals surface area contributed by atoms with Crippen LogP contribution >= 0.6 is 0 Å². The molecule has 0 atom stereocenters. The summed E-state index contributed by atoms with van der Waals surface area (Å²) in [5, 5.41) is 7.64. The zero-order chi connectivity index (χ0) is 18.2. The molecule has 0 bridgehead atoms. The van der Waals surface area contributed by atoms with Gasteiger partial charge in [0.05, 0.1) is 27.0 Å². The Labute approximate surface area is 149 Å². The second-order valence-electron chi connectivity index (χ2n) is 5.79. The molecule has 1 heterocycles. The molecule has 0 saturated carbocycles. The molecule has 2 aromatic rings. The molecular weight excluding hydrogens is 318 g/mol. The van der Waals surface area contributed by atoms with E-state index in [1.54, 1.807) is 21.3 Å². The van der Waals surface area contributed by atoms with Crippen molar-refractivity contribution in [1.82, 2.24) is 20.0 Å². The third-order valence-electron chi connectivity index (χ3n) is 3.86.